The van der Waals surface area contributed by atoms with E-state index in [2.05, 4.69) is 9.97 Å². The topological polar surface area (TPSA) is 46.0 Å². The second-order valence-corrected chi connectivity index (χ2v) is 4.69. The van der Waals surface area contributed by atoms with Crippen LogP contribution in [0.25, 0.3) is 10.6 Å². The molecule has 0 unspecified atom stereocenters. The molecule has 4 heteroatoms. The van der Waals surface area contributed by atoms with E-state index in [1.165, 1.54) is 0 Å². The predicted octanol–water partition coefficient (Wildman–Crippen LogP) is 2.19. The fourth-order valence-corrected chi connectivity index (χ4v) is 2.19. The SMILES string of the molecule is OC1(c2cc(-c3nccs3)ccn2)CC1. The Labute approximate surface area is 91.5 Å². The summed E-state index contributed by atoms with van der Waals surface area (Å²) >= 11 is 1.60. The molecule has 0 saturated heterocycles. The molecule has 0 bridgehead atoms. The first-order valence-corrected chi connectivity index (χ1v) is 5.75. The lowest BCUT2D eigenvalue weighted by Crippen LogP contribution is -2.06. The van der Waals surface area contributed by atoms with E-state index in [9.17, 15) is 5.11 Å². The highest BCUT2D eigenvalue weighted by molar-refractivity contribution is 7.13. The van der Waals surface area contributed by atoms with Crippen LogP contribution in [0.5, 0.6) is 0 Å². The van der Waals surface area contributed by atoms with E-state index in [1.54, 1.807) is 23.7 Å². The van der Waals surface area contributed by atoms with Crippen molar-refractivity contribution < 1.29 is 5.11 Å². The number of thiazole rings is 1. The van der Waals surface area contributed by atoms with Gasteiger partial charge in [0.2, 0.25) is 0 Å². The maximum absolute atomic E-state index is 9.94. The molecule has 76 valence electrons. The van der Waals surface area contributed by atoms with Crippen molar-refractivity contribution >= 4 is 11.3 Å². The highest BCUT2D eigenvalue weighted by Crippen LogP contribution is 2.44. The lowest BCUT2D eigenvalue weighted by atomic mass is 10.1. The monoisotopic (exact) mass is 218 g/mol. The molecular formula is C11H10N2OS. The molecule has 2 aromatic rings. The van der Waals surface area contributed by atoms with Gasteiger partial charge in [0.25, 0.3) is 0 Å². The van der Waals surface area contributed by atoms with E-state index in [4.69, 9.17) is 0 Å². The number of rotatable bonds is 2. The number of nitrogens with zero attached hydrogens (tertiary/aromatic N) is 2. The Bertz CT molecular complexity index is 477. The maximum atomic E-state index is 9.94. The fourth-order valence-electron chi connectivity index (χ4n) is 1.56. The molecule has 0 atom stereocenters. The van der Waals surface area contributed by atoms with Crippen molar-refractivity contribution in [2.45, 2.75) is 18.4 Å². The van der Waals surface area contributed by atoms with Crippen molar-refractivity contribution in [3.63, 3.8) is 0 Å². The van der Waals surface area contributed by atoms with Gasteiger partial charge in [0.05, 0.1) is 5.69 Å². The van der Waals surface area contributed by atoms with Crippen LogP contribution in [0.4, 0.5) is 0 Å². The minimum Gasteiger partial charge on any atom is -0.384 e. The molecule has 3 nitrogen and oxygen atoms in total. The molecule has 0 aromatic carbocycles. The summed E-state index contributed by atoms with van der Waals surface area (Å²) in [6.07, 6.45) is 5.16. The molecule has 0 amide bonds. The first kappa shape index (κ1) is 9.00. The van der Waals surface area contributed by atoms with Crippen molar-refractivity contribution in [2.24, 2.45) is 0 Å². The van der Waals surface area contributed by atoms with Crippen molar-refractivity contribution in [1.82, 2.24) is 9.97 Å². The smallest absolute Gasteiger partial charge is 0.123 e. The van der Waals surface area contributed by atoms with Gasteiger partial charge in [-0.1, -0.05) is 0 Å². The second kappa shape index (κ2) is 3.12. The van der Waals surface area contributed by atoms with Gasteiger partial charge in [0.15, 0.2) is 0 Å². The number of hydrogen-bond donors (Lipinski definition) is 1. The molecule has 2 heterocycles. The minimum absolute atomic E-state index is 0.659. The Morgan fingerprint density at radius 3 is 2.80 bits per heavy atom. The molecule has 1 saturated carbocycles. The van der Waals surface area contributed by atoms with Gasteiger partial charge in [-0.15, -0.1) is 11.3 Å². The van der Waals surface area contributed by atoms with E-state index in [-0.39, 0.29) is 0 Å². The Balaban J connectivity index is 2.04. The zero-order chi connectivity index (χ0) is 10.3. The molecule has 1 aliphatic rings. The molecule has 1 fully saturated rings. The van der Waals surface area contributed by atoms with Gasteiger partial charge >= 0.3 is 0 Å². The van der Waals surface area contributed by atoms with Gasteiger partial charge in [-0.05, 0) is 25.0 Å². The van der Waals surface area contributed by atoms with Crippen molar-refractivity contribution in [1.29, 1.82) is 0 Å². The van der Waals surface area contributed by atoms with Crippen LogP contribution in [0.15, 0.2) is 29.9 Å². The van der Waals surface area contributed by atoms with Crippen LogP contribution in [-0.4, -0.2) is 15.1 Å². The molecule has 0 spiro atoms. The summed E-state index contributed by atoms with van der Waals surface area (Å²) in [4.78, 5) is 8.45. The third-order valence-electron chi connectivity index (χ3n) is 2.64. The van der Waals surface area contributed by atoms with Crippen LogP contribution in [0.1, 0.15) is 18.5 Å². The quantitative estimate of drug-likeness (QED) is 0.840. The van der Waals surface area contributed by atoms with E-state index < -0.39 is 5.60 Å². The molecule has 3 rings (SSSR count). The number of aromatic nitrogens is 2. The Kier molecular flexibility index (Phi) is 1.87. The van der Waals surface area contributed by atoms with Crippen LogP contribution in [0, 0.1) is 0 Å². The van der Waals surface area contributed by atoms with Gasteiger partial charge in [-0.3, -0.25) is 4.98 Å². The minimum atomic E-state index is -0.659. The summed E-state index contributed by atoms with van der Waals surface area (Å²) in [7, 11) is 0. The van der Waals surface area contributed by atoms with E-state index >= 15 is 0 Å². The van der Waals surface area contributed by atoms with E-state index in [0.29, 0.717) is 0 Å². The van der Waals surface area contributed by atoms with Crippen LogP contribution in [0.3, 0.4) is 0 Å². The first-order valence-electron chi connectivity index (χ1n) is 4.87. The van der Waals surface area contributed by atoms with Crippen LogP contribution < -0.4 is 0 Å². The number of aliphatic hydroxyl groups is 1. The average molecular weight is 218 g/mol. The lowest BCUT2D eigenvalue weighted by Gasteiger charge is -2.07. The van der Waals surface area contributed by atoms with Gasteiger partial charge in [0, 0.05) is 23.3 Å². The summed E-state index contributed by atoms with van der Waals surface area (Å²) in [5.41, 5.74) is 1.15. The van der Waals surface area contributed by atoms with Gasteiger partial charge in [-0.2, -0.15) is 0 Å². The van der Waals surface area contributed by atoms with Gasteiger partial charge in [0.1, 0.15) is 10.6 Å². The summed E-state index contributed by atoms with van der Waals surface area (Å²) in [5.74, 6) is 0. The predicted molar refractivity (Wildman–Crippen MR) is 58.5 cm³/mol. The fraction of sp³-hybridized carbons (Fsp3) is 0.273. The van der Waals surface area contributed by atoms with E-state index in [1.807, 2.05) is 17.5 Å². The summed E-state index contributed by atoms with van der Waals surface area (Å²) in [6.45, 7) is 0. The van der Waals surface area contributed by atoms with Crippen LogP contribution >= 0.6 is 11.3 Å². The molecule has 1 N–H and O–H groups in total. The largest absolute Gasteiger partial charge is 0.384 e. The zero-order valence-corrected chi connectivity index (χ0v) is 8.87. The third-order valence-corrected chi connectivity index (χ3v) is 3.46. The van der Waals surface area contributed by atoms with Crippen molar-refractivity contribution in [2.75, 3.05) is 0 Å². The molecule has 0 aliphatic heterocycles. The first-order chi connectivity index (χ1) is 7.28. The van der Waals surface area contributed by atoms with Crippen LogP contribution in [0.2, 0.25) is 0 Å². The maximum Gasteiger partial charge on any atom is 0.123 e. The number of pyridine rings is 1. The third kappa shape index (κ3) is 1.56. The Morgan fingerprint density at radius 1 is 1.27 bits per heavy atom. The Morgan fingerprint density at radius 2 is 2.13 bits per heavy atom. The standard InChI is InChI=1S/C11H10N2OS/c14-11(2-3-11)9-7-8(1-4-12-9)10-13-5-6-15-10/h1,4-7,14H,2-3H2. The normalized spacial score (nSPS) is 17.7. The van der Waals surface area contributed by atoms with Gasteiger partial charge < -0.3 is 5.11 Å². The van der Waals surface area contributed by atoms with Crippen molar-refractivity contribution in [3.05, 3.63) is 35.6 Å². The summed E-state index contributed by atoms with van der Waals surface area (Å²) < 4.78 is 0. The number of hydrogen-bond acceptors (Lipinski definition) is 4. The molecule has 1 aliphatic carbocycles. The molecule has 2 aromatic heterocycles. The highest BCUT2D eigenvalue weighted by atomic mass is 32.1. The van der Waals surface area contributed by atoms with E-state index in [0.717, 1.165) is 29.1 Å². The average Bonchev–Trinajstić information content (AvgIpc) is 2.84. The zero-order valence-electron chi connectivity index (χ0n) is 8.05. The van der Waals surface area contributed by atoms with Crippen LogP contribution in [-0.2, 0) is 5.60 Å². The highest BCUT2D eigenvalue weighted by Gasteiger charge is 2.43. The van der Waals surface area contributed by atoms with Gasteiger partial charge in [-0.25, -0.2) is 4.98 Å². The van der Waals surface area contributed by atoms with Crippen molar-refractivity contribution in [3.8, 4) is 10.6 Å². The second-order valence-electron chi connectivity index (χ2n) is 3.80. The Hall–Kier alpha value is -1.26. The molecule has 15 heavy (non-hydrogen) atoms. The molecular weight excluding hydrogens is 208 g/mol. The summed E-state index contributed by atoms with van der Waals surface area (Å²) in [5, 5.41) is 12.9. The molecule has 0 radical (unpaired) electrons. The lowest BCUT2D eigenvalue weighted by molar-refractivity contribution is 0.146. The summed E-state index contributed by atoms with van der Waals surface area (Å²) in [6, 6.07) is 3.86.